The molecule has 2 heterocycles. The van der Waals surface area contributed by atoms with Crippen molar-refractivity contribution in [2.45, 2.75) is 52.2 Å². The van der Waals surface area contributed by atoms with Crippen LogP contribution in [0.4, 0.5) is 0 Å². The summed E-state index contributed by atoms with van der Waals surface area (Å²) in [7, 11) is 0. The molecule has 1 saturated heterocycles. The third-order valence-corrected chi connectivity index (χ3v) is 4.06. The van der Waals surface area contributed by atoms with Crippen molar-refractivity contribution in [3.63, 3.8) is 0 Å². The molecule has 0 bridgehead atoms. The Morgan fingerprint density at radius 2 is 2.00 bits per heavy atom. The fraction of sp³-hybridized carbons (Fsp3) is 0.786. The fourth-order valence-electron chi connectivity index (χ4n) is 2.79. The van der Waals surface area contributed by atoms with Crippen LogP contribution in [0.1, 0.15) is 45.3 Å². The number of likely N-dealkylation sites (tertiary alicyclic amines) is 1. The van der Waals surface area contributed by atoms with Crippen molar-refractivity contribution in [2.75, 3.05) is 13.1 Å². The molecule has 1 unspecified atom stereocenters. The van der Waals surface area contributed by atoms with Crippen LogP contribution in [0.3, 0.4) is 0 Å². The van der Waals surface area contributed by atoms with Crippen LogP contribution in [0, 0.1) is 5.92 Å². The molecule has 1 aliphatic rings. The molecule has 4 nitrogen and oxygen atoms in total. The van der Waals surface area contributed by atoms with Crippen molar-refractivity contribution >= 4 is 0 Å². The lowest BCUT2D eigenvalue weighted by atomic mass is 9.91. The number of hydrogen-bond donors (Lipinski definition) is 1. The Balaban J connectivity index is 1.90. The van der Waals surface area contributed by atoms with Crippen molar-refractivity contribution < 1.29 is 0 Å². The third-order valence-electron chi connectivity index (χ3n) is 4.06. The average molecular weight is 250 g/mol. The second-order valence-electron chi connectivity index (χ2n) is 5.86. The first-order chi connectivity index (χ1) is 8.58. The topological polar surface area (TPSA) is 47.1 Å². The molecule has 0 aliphatic carbocycles. The van der Waals surface area contributed by atoms with Crippen LogP contribution in [-0.4, -0.2) is 33.6 Å². The van der Waals surface area contributed by atoms with Crippen LogP contribution in [0.5, 0.6) is 0 Å². The minimum absolute atomic E-state index is 0.341. The van der Waals surface area contributed by atoms with E-state index in [1.807, 2.05) is 12.5 Å². The predicted molar refractivity (Wildman–Crippen MR) is 74.3 cm³/mol. The lowest BCUT2D eigenvalue weighted by Crippen LogP contribution is -2.39. The van der Waals surface area contributed by atoms with Gasteiger partial charge < -0.3 is 10.3 Å². The Morgan fingerprint density at radius 3 is 2.56 bits per heavy atom. The minimum atomic E-state index is 0.341. The van der Waals surface area contributed by atoms with Gasteiger partial charge in [-0.1, -0.05) is 0 Å². The van der Waals surface area contributed by atoms with E-state index in [-0.39, 0.29) is 0 Å². The van der Waals surface area contributed by atoms with E-state index in [1.165, 1.54) is 18.5 Å². The number of imidazole rings is 1. The summed E-state index contributed by atoms with van der Waals surface area (Å²) in [5.41, 5.74) is 7.30. The van der Waals surface area contributed by atoms with Gasteiger partial charge in [-0.15, -0.1) is 0 Å². The molecule has 2 rings (SSSR count). The highest BCUT2D eigenvalue weighted by Gasteiger charge is 2.22. The Labute approximate surface area is 110 Å². The van der Waals surface area contributed by atoms with Crippen molar-refractivity contribution in [1.82, 2.24) is 14.5 Å². The van der Waals surface area contributed by atoms with Crippen LogP contribution in [0.2, 0.25) is 0 Å². The molecule has 1 aliphatic heterocycles. The van der Waals surface area contributed by atoms with Crippen LogP contribution >= 0.6 is 0 Å². The Bertz CT molecular complexity index is 362. The van der Waals surface area contributed by atoms with Gasteiger partial charge in [-0.05, 0) is 52.6 Å². The van der Waals surface area contributed by atoms with E-state index >= 15 is 0 Å². The third kappa shape index (κ3) is 3.12. The maximum atomic E-state index is 5.98. The molecule has 1 aromatic heterocycles. The lowest BCUT2D eigenvalue weighted by Gasteiger charge is -2.33. The van der Waals surface area contributed by atoms with Gasteiger partial charge in [-0.3, -0.25) is 4.90 Å². The van der Waals surface area contributed by atoms with Gasteiger partial charge in [0.2, 0.25) is 0 Å². The van der Waals surface area contributed by atoms with Gasteiger partial charge in [0, 0.05) is 24.8 Å². The highest BCUT2D eigenvalue weighted by atomic mass is 15.2. The summed E-state index contributed by atoms with van der Waals surface area (Å²) in [5.74, 6) is 0.705. The summed E-state index contributed by atoms with van der Waals surface area (Å²) in [6, 6.07) is 0.831. The zero-order chi connectivity index (χ0) is 13.1. The molecule has 1 fully saturated rings. The van der Waals surface area contributed by atoms with E-state index < -0.39 is 0 Å². The maximum absolute atomic E-state index is 5.98. The molecule has 0 saturated carbocycles. The van der Waals surface area contributed by atoms with E-state index in [0.717, 1.165) is 19.6 Å². The van der Waals surface area contributed by atoms with Gasteiger partial charge >= 0.3 is 0 Å². The van der Waals surface area contributed by atoms with E-state index in [0.29, 0.717) is 18.0 Å². The summed E-state index contributed by atoms with van der Waals surface area (Å²) < 4.78 is 2.26. The first-order valence-corrected chi connectivity index (χ1v) is 7.06. The van der Waals surface area contributed by atoms with Crippen LogP contribution < -0.4 is 5.73 Å². The van der Waals surface area contributed by atoms with E-state index in [2.05, 4.69) is 35.2 Å². The number of hydrogen-bond acceptors (Lipinski definition) is 3. The number of aromatic nitrogens is 2. The molecule has 4 heteroatoms. The monoisotopic (exact) mass is 250 g/mol. The summed E-state index contributed by atoms with van der Waals surface area (Å²) in [6.07, 6.45) is 6.40. The molecule has 1 aromatic rings. The average Bonchev–Trinajstić information content (AvgIpc) is 2.78. The van der Waals surface area contributed by atoms with Crippen molar-refractivity contribution in [3.05, 3.63) is 18.2 Å². The molecule has 2 N–H and O–H groups in total. The summed E-state index contributed by atoms with van der Waals surface area (Å²) in [6.45, 7) is 9.88. The van der Waals surface area contributed by atoms with E-state index in [1.54, 1.807) is 0 Å². The smallest absolute Gasteiger partial charge is 0.0951 e. The fourth-order valence-corrected chi connectivity index (χ4v) is 2.79. The number of nitrogens with two attached hydrogens (primary N) is 1. The first-order valence-electron chi connectivity index (χ1n) is 7.06. The van der Waals surface area contributed by atoms with Gasteiger partial charge in [-0.2, -0.15) is 0 Å². The molecule has 18 heavy (non-hydrogen) atoms. The predicted octanol–water partition coefficient (Wildman–Crippen LogP) is 2.02. The van der Waals surface area contributed by atoms with Crippen LogP contribution in [0.25, 0.3) is 0 Å². The van der Waals surface area contributed by atoms with Gasteiger partial charge in [-0.25, -0.2) is 4.98 Å². The molecule has 0 amide bonds. The normalized spacial score (nSPS) is 20.5. The number of nitrogens with zero attached hydrogens (tertiary/aromatic N) is 3. The van der Waals surface area contributed by atoms with E-state index in [9.17, 15) is 0 Å². The summed E-state index contributed by atoms with van der Waals surface area (Å²) in [4.78, 5) is 6.79. The highest BCUT2D eigenvalue weighted by Crippen LogP contribution is 2.21. The quantitative estimate of drug-likeness (QED) is 0.889. The largest absolute Gasteiger partial charge is 0.331 e. The van der Waals surface area contributed by atoms with Gasteiger partial charge in [0.1, 0.15) is 0 Å². The molecular weight excluding hydrogens is 224 g/mol. The summed E-state index contributed by atoms with van der Waals surface area (Å²) >= 11 is 0. The Kier molecular flexibility index (Phi) is 4.40. The van der Waals surface area contributed by atoms with Gasteiger partial charge in [0.05, 0.1) is 12.0 Å². The molecule has 102 valence electrons. The zero-order valence-electron chi connectivity index (χ0n) is 11.8. The van der Waals surface area contributed by atoms with Crippen LogP contribution in [-0.2, 0) is 6.54 Å². The molecular formula is C14H26N4. The van der Waals surface area contributed by atoms with Crippen molar-refractivity contribution in [2.24, 2.45) is 11.7 Å². The van der Waals surface area contributed by atoms with Crippen molar-refractivity contribution in [1.29, 1.82) is 0 Å². The SMILES string of the molecule is CC(N)C1CCN(Cc2cncn2C(C)C)CC1. The second kappa shape index (κ2) is 5.85. The van der Waals surface area contributed by atoms with Gasteiger partial charge in [0.15, 0.2) is 0 Å². The van der Waals surface area contributed by atoms with E-state index in [4.69, 9.17) is 5.73 Å². The second-order valence-corrected chi connectivity index (χ2v) is 5.86. The van der Waals surface area contributed by atoms with Gasteiger partial charge in [0.25, 0.3) is 0 Å². The molecule has 1 atom stereocenters. The molecule has 0 aromatic carbocycles. The standard InChI is InChI=1S/C14H26N4/c1-11(2)18-10-16-8-14(18)9-17-6-4-13(5-7-17)12(3)15/h8,10-13H,4-7,9,15H2,1-3H3. The number of piperidine rings is 1. The first kappa shape index (κ1) is 13.6. The lowest BCUT2D eigenvalue weighted by molar-refractivity contribution is 0.162. The molecule has 0 radical (unpaired) electrons. The Morgan fingerprint density at radius 1 is 1.33 bits per heavy atom. The minimum Gasteiger partial charge on any atom is -0.331 e. The number of rotatable bonds is 4. The maximum Gasteiger partial charge on any atom is 0.0951 e. The Hall–Kier alpha value is -0.870. The molecule has 0 spiro atoms. The summed E-state index contributed by atoms with van der Waals surface area (Å²) in [5, 5.41) is 0. The zero-order valence-corrected chi connectivity index (χ0v) is 11.8. The van der Waals surface area contributed by atoms with Crippen LogP contribution in [0.15, 0.2) is 12.5 Å². The van der Waals surface area contributed by atoms with Crippen molar-refractivity contribution in [3.8, 4) is 0 Å². The highest BCUT2D eigenvalue weighted by molar-refractivity contribution is 5.00.